The first kappa shape index (κ1) is 15.8. The lowest BCUT2D eigenvalue weighted by molar-refractivity contribution is 0.0991. The summed E-state index contributed by atoms with van der Waals surface area (Å²) in [6.07, 6.45) is 5.12. The van der Waals surface area contributed by atoms with Crippen LogP contribution in [0.1, 0.15) is 66.0 Å². The molecule has 0 aliphatic heterocycles. The van der Waals surface area contributed by atoms with E-state index in [9.17, 15) is 9.59 Å². The van der Waals surface area contributed by atoms with E-state index < -0.39 is 5.91 Å². The SMILES string of the molecule is CCC(=O)c1sc(NCC2(CC)CCC2)c(C(N)=O)c1N. The van der Waals surface area contributed by atoms with Gasteiger partial charge in [-0.05, 0) is 24.7 Å². The fraction of sp³-hybridized carbons (Fsp3) is 0.600. The van der Waals surface area contributed by atoms with Crippen LogP contribution in [0.5, 0.6) is 0 Å². The summed E-state index contributed by atoms with van der Waals surface area (Å²) < 4.78 is 0. The third-order valence-electron chi connectivity index (χ3n) is 4.55. The van der Waals surface area contributed by atoms with Crippen LogP contribution in [0.25, 0.3) is 0 Å². The lowest BCUT2D eigenvalue weighted by atomic mass is 9.67. The maximum atomic E-state index is 11.9. The summed E-state index contributed by atoms with van der Waals surface area (Å²) in [5.74, 6) is -0.637. The Morgan fingerprint density at radius 2 is 2.00 bits per heavy atom. The molecule has 0 bridgehead atoms. The minimum absolute atomic E-state index is 0.0538. The van der Waals surface area contributed by atoms with Crippen LogP contribution in [0.15, 0.2) is 0 Å². The van der Waals surface area contributed by atoms with Gasteiger partial charge in [-0.25, -0.2) is 0 Å². The Balaban J connectivity index is 2.25. The van der Waals surface area contributed by atoms with Crippen molar-refractivity contribution in [3.05, 3.63) is 10.4 Å². The topological polar surface area (TPSA) is 98.2 Å². The first-order valence-electron chi connectivity index (χ1n) is 7.43. The van der Waals surface area contributed by atoms with Gasteiger partial charge in [-0.2, -0.15) is 0 Å². The van der Waals surface area contributed by atoms with Crippen molar-refractivity contribution >= 4 is 33.7 Å². The second-order valence-electron chi connectivity index (χ2n) is 5.75. The Hall–Kier alpha value is -1.56. The molecule has 0 saturated heterocycles. The van der Waals surface area contributed by atoms with Gasteiger partial charge in [0, 0.05) is 13.0 Å². The van der Waals surface area contributed by atoms with Crippen molar-refractivity contribution in [2.24, 2.45) is 11.1 Å². The number of nitrogen functional groups attached to an aromatic ring is 1. The van der Waals surface area contributed by atoms with Crippen LogP contribution >= 0.6 is 11.3 Å². The molecule has 5 N–H and O–H groups in total. The van der Waals surface area contributed by atoms with Gasteiger partial charge < -0.3 is 16.8 Å². The standard InChI is InChI=1S/C15H23N3O2S/c1-3-9(19)12-11(16)10(13(17)20)14(21-12)18-8-15(4-2)6-5-7-15/h18H,3-8,16H2,1-2H3,(H2,17,20). The molecular weight excluding hydrogens is 286 g/mol. The van der Waals surface area contributed by atoms with Crippen LogP contribution in [-0.4, -0.2) is 18.2 Å². The molecule has 1 aliphatic carbocycles. The Bertz CT molecular complexity index is 556. The van der Waals surface area contributed by atoms with Gasteiger partial charge in [-0.15, -0.1) is 11.3 Å². The number of nitrogens with one attached hydrogen (secondary N) is 1. The second-order valence-corrected chi connectivity index (χ2v) is 6.77. The Morgan fingerprint density at radius 3 is 2.43 bits per heavy atom. The molecule has 1 fully saturated rings. The summed E-state index contributed by atoms with van der Waals surface area (Å²) >= 11 is 1.25. The highest BCUT2D eigenvalue weighted by molar-refractivity contribution is 7.19. The van der Waals surface area contributed by atoms with Gasteiger partial charge in [0.15, 0.2) is 5.78 Å². The number of hydrogen-bond donors (Lipinski definition) is 3. The minimum atomic E-state index is -0.583. The lowest BCUT2D eigenvalue weighted by Crippen LogP contribution is -2.36. The number of Topliss-reactive ketones (excluding diaryl/α,β-unsaturated/α-hetero) is 1. The maximum absolute atomic E-state index is 11.9. The van der Waals surface area contributed by atoms with Gasteiger partial charge in [0.25, 0.3) is 5.91 Å². The zero-order valence-electron chi connectivity index (χ0n) is 12.6. The number of carbonyl (C=O) groups excluding carboxylic acids is 2. The van der Waals surface area contributed by atoms with Crippen LogP contribution in [0.3, 0.4) is 0 Å². The Labute approximate surface area is 129 Å². The number of ketones is 1. The van der Waals surface area contributed by atoms with E-state index in [1.54, 1.807) is 6.92 Å². The fourth-order valence-corrected chi connectivity index (χ4v) is 3.91. The third kappa shape index (κ3) is 2.90. The quantitative estimate of drug-likeness (QED) is 0.674. The molecule has 0 spiro atoms. The van der Waals surface area contributed by atoms with Crippen molar-refractivity contribution in [1.82, 2.24) is 0 Å². The summed E-state index contributed by atoms with van der Waals surface area (Å²) in [6.45, 7) is 4.76. The van der Waals surface area contributed by atoms with Crippen molar-refractivity contribution in [1.29, 1.82) is 0 Å². The van der Waals surface area contributed by atoms with Crippen molar-refractivity contribution < 1.29 is 9.59 Å². The Morgan fingerprint density at radius 1 is 1.33 bits per heavy atom. The van der Waals surface area contributed by atoms with Crippen molar-refractivity contribution in [2.75, 3.05) is 17.6 Å². The zero-order valence-corrected chi connectivity index (χ0v) is 13.4. The molecule has 0 unspecified atom stereocenters. The highest BCUT2D eigenvalue weighted by Gasteiger charge is 2.35. The van der Waals surface area contributed by atoms with Crippen molar-refractivity contribution in [2.45, 2.75) is 46.0 Å². The number of primary amides is 1. The number of amides is 1. The van der Waals surface area contributed by atoms with E-state index in [1.807, 2.05) is 0 Å². The monoisotopic (exact) mass is 309 g/mol. The summed E-state index contributed by atoms with van der Waals surface area (Å²) in [4.78, 5) is 24.0. The van der Waals surface area contributed by atoms with Crippen LogP contribution in [0.4, 0.5) is 10.7 Å². The van der Waals surface area contributed by atoms with E-state index >= 15 is 0 Å². The lowest BCUT2D eigenvalue weighted by Gasteiger charge is -2.41. The number of carbonyl (C=O) groups is 2. The first-order chi connectivity index (χ1) is 9.94. The number of thiophene rings is 1. The molecule has 1 aliphatic rings. The largest absolute Gasteiger partial charge is 0.397 e. The normalized spacial score (nSPS) is 16.3. The van der Waals surface area contributed by atoms with E-state index in [0.29, 0.717) is 21.7 Å². The summed E-state index contributed by atoms with van der Waals surface area (Å²) in [5.41, 5.74) is 12.2. The number of hydrogen-bond acceptors (Lipinski definition) is 5. The molecule has 1 amide bonds. The molecular formula is C15H23N3O2S. The zero-order chi connectivity index (χ0) is 15.6. The summed E-state index contributed by atoms with van der Waals surface area (Å²) in [7, 11) is 0. The molecule has 0 radical (unpaired) electrons. The van der Waals surface area contributed by atoms with Gasteiger partial charge in [-0.3, -0.25) is 9.59 Å². The molecule has 116 valence electrons. The van der Waals surface area contributed by atoms with E-state index in [1.165, 1.54) is 30.6 Å². The second kappa shape index (κ2) is 6.05. The minimum Gasteiger partial charge on any atom is -0.397 e. The predicted molar refractivity (Wildman–Crippen MR) is 86.9 cm³/mol. The molecule has 1 saturated carbocycles. The average molecular weight is 309 g/mol. The average Bonchev–Trinajstić information content (AvgIpc) is 2.74. The smallest absolute Gasteiger partial charge is 0.253 e. The molecule has 1 heterocycles. The van der Waals surface area contributed by atoms with Gasteiger partial charge in [0.2, 0.25) is 0 Å². The van der Waals surface area contributed by atoms with E-state index in [4.69, 9.17) is 11.5 Å². The predicted octanol–water partition coefficient (Wildman–Crippen LogP) is 3.01. The molecule has 1 aromatic rings. The van der Waals surface area contributed by atoms with Crippen LogP contribution < -0.4 is 16.8 Å². The fourth-order valence-electron chi connectivity index (χ4n) is 2.78. The summed E-state index contributed by atoms with van der Waals surface area (Å²) in [5, 5.41) is 3.95. The van der Waals surface area contributed by atoms with Crippen LogP contribution in [0, 0.1) is 5.41 Å². The number of anilines is 2. The highest BCUT2D eigenvalue weighted by Crippen LogP contribution is 2.45. The summed E-state index contributed by atoms with van der Waals surface area (Å²) in [6, 6.07) is 0. The van der Waals surface area contributed by atoms with Gasteiger partial charge in [-0.1, -0.05) is 20.3 Å². The highest BCUT2D eigenvalue weighted by atomic mass is 32.1. The number of nitrogens with two attached hydrogens (primary N) is 2. The first-order valence-corrected chi connectivity index (χ1v) is 8.25. The van der Waals surface area contributed by atoms with Crippen molar-refractivity contribution in [3.63, 3.8) is 0 Å². The maximum Gasteiger partial charge on any atom is 0.253 e. The van der Waals surface area contributed by atoms with Gasteiger partial charge >= 0.3 is 0 Å². The van der Waals surface area contributed by atoms with Crippen LogP contribution in [-0.2, 0) is 0 Å². The van der Waals surface area contributed by atoms with E-state index in [0.717, 1.165) is 13.0 Å². The van der Waals surface area contributed by atoms with Gasteiger partial charge in [0.05, 0.1) is 16.1 Å². The molecule has 0 atom stereocenters. The molecule has 1 aromatic heterocycles. The molecule has 2 rings (SSSR count). The van der Waals surface area contributed by atoms with Crippen molar-refractivity contribution in [3.8, 4) is 0 Å². The van der Waals surface area contributed by atoms with E-state index in [2.05, 4.69) is 12.2 Å². The number of rotatable bonds is 7. The Kier molecular flexibility index (Phi) is 4.56. The third-order valence-corrected chi connectivity index (χ3v) is 5.76. The van der Waals surface area contributed by atoms with E-state index in [-0.39, 0.29) is 17.0 Å². The van der Waals surface area contributed by atoms with Crippen LogP contribution in [0.2, 0.25) is 0 Å². The molecule has 6 heteroatoms. The molecule has 21 heavy (non-hydrogen) atoms. The molecule has 0 aromatic carbocycles. The molecule has 5 nitrogen and oxygen atoms in total. The van der Waals surface area contributed by atoms with Gasteiger partial charge in [0.1, 0.15) is 5.00 Å².